The lowest BCUT2D eigenvalue weighted by atomic mass is 10.2. The van der Waals surface area contributed by atoms with Crippen LogP contribution in [0.2, 0.25) is 0 Å². The van der Waals surface area contributed by atoms with Crippen LogP contribution in [0, 0.1) is 13.8 Å². The van der Waals surface area contributed by atoms with Crippen LogP contribution in [-0.4, -0.2) is 32.2 Å². The van der Waals surface area contributed by atoms with Gasteiger partial charge in [-0.1, -0.05) is 187 Å². The number of fused-ring (bicyclic) bond motifs is 6. The highest BCUT2D eigenvalue weighted by Gasteiger charge is 2.42. The van der Waals surface area contributed by atoms with Crippen molar-refractivity contribution in [1.82, 2.24) is 24.1 Å². The SMILES string of the molecule is [2H]c1c([2H])c(-c2nc(-n3c4c([2H])c([2H])c([2H])c([2H])c4c4c([2H])c([2H])c([2H])c([2H])c43)nc(-n3c4c([2H])c([2H])c([2H])c([2H])c4c4c([2H])c([2H])c([2H])c([2H])c43)n2)c([2H])c([Si](c2ccccc2)(c2ccccc2C)c2c([2H])c([2H])c([2H])c(C([2H])([2H])[2H])c2[2H])c1[2H]. The molecule has 8 aromatic carbocycles. The zero-order valence-electron chi connectivity index (χ0n) is 57.4. The summed E-state index contributed by atoms with van der Waals surface area (Å²) in [6.45, 7) is -1.67. The first kappa shape index (κ1) is 16.8. The summed E-state index contributed by atoms with van der Waals surface area (Å²) in [5.74, 6) is -2.69. The van der Waals surface area contributed by atoms with Crippen molar-refractivity contribution in [2.24, 2.45) is 0 Å². The highest BCUT2D eigenvalue weighted by molar-refractivity contribution is 7.20. The minimum absolute atomic E-state index is 0.133. The molecule has 0 aliphatic carbocycles. The molecule has 0 saturated carbocycles. The Morgan fingerprint density at radius 3 is 1.51 bits per heavy atom. The van der Waals surface area contributed by atoms with Crippen LogP contribution in [0.3, 0.4) is 0 Å². The molecule has 1 atom stereocenters. The van der Waals surface area contributed by atoms with Gasteiger partial charge in [0.05, 0.1) is 55.0 Å². The number of aryl methyl sites for hydroxylation is 1. The fraction of sp³-hybridized carbons (Fsp3) is 0.0377. The van der Waals surface area contributed by atoms with Crippen molar-refractivity contribution in [2.75, 3.05) is 0 Å². The van der Waals surface area contributed by atoms with E-state index in [4.69, 9.17) is 33.3 Å². The van der Waals surface area contributed by atoms with Gasteiger partial charge in [-0.15, -0.1) is 0 Å². The summed E-state index contributed by atoms with van der Waals surface area (Å²) in [4.78, 5) is 14.1. The van der Waals surface area contributed by atoms with E-state index in [9.17, 15) is 13.7 Å². The molecule has 0 saturated heterocycles. The third kappa shape index (κ3) is 5.48. The molecule has 0 aliphatic heterocycles. The van der Waals surface area contributed by atoms with Gasteiger partial charge in [0.15, 0.2) is 13.9 Å². The standard InChI is InChI=1S/C53H39N5Si/c1-36-18-16-23-40(34-36)59(39-21-4-3-5-22-39,50-33-15-6-19-37(50)2)41-24-17-20-38(35-41)51-54-52(57-46-29-11-7-25-42(46)43-26-8-12-30-47(43)57)56-53(55-51)58-48-31-13-9-27-44(48)45-28-10-14-32-49(45)58/h3-35H,1-2H3/i1D3,7D,8D,9D,10D,11D,12D,13D,14D,16D,17D,18D,20D,23D,24D,25D,26D,27D,28D,29D,30D,31D,32D,34D,35D. The lowest BCUT2D eigenvalue weighted by Crippen LogP contribution is -2.75. The van der Waals surface area contributed by atoms with Gasteiger partial charge in [0, 0.05) is 31.2 Å². The van der Waals surface area contributed by atoms with Crippen molar-refractivity contribution >= 4 is 72.4 Å². The van der Waals surface area contributed by atoms with E-state index in [-0.39, 0.29) is 10.4 Å². The second-order valence-corrected chi connectivity index (χ2v) is 16.9. The fourth-order valence-corrected chi connectivity index (χ4v) is 12.1. The molecule has 0 spiro atoms. The molecule has 3 heterocycles. The number of hydrogen-bond acceptors (Lipinski definition) is 3. The second kappa shape index (κ2) is 13.9. The topological polar surface area (TPSA) is 48.5 Å². The molecule has 0 amide bonds. The molecule has 0 radical (unpaired) electrons. The molecular weight excluding hydrogens is 735 g/mol. The minimum atomic E-state index is -5.11. The van der Waals surface area contributed by atoms with E-state index < -0.39 is 243 Å². The second-order valence-electron chi connectivity index (χ2n) is 13.3. The van der Waals surface area contributed by atoms with Crippen LogP contribution in [0.25, 0.3) is 66.9 Å². The largest absolute Gasteiger partial charge is 0.278 e. The van der Waals surface area contributed by atoms with Crippen LogP contribution in [0.1, 0.15) is 48.1 Å². The molecule has 0 aliphatic rings. The van der Waals surface area contributed by atoms with Crippen molar-refractivity contribution in [3.63, 3.8) is 0 Å². The molecule has 0 bridgehead atoms. The first-order valence-corrected chi connectivity index (χ1v) is 19.9. The number of hydrogen-bond donors (Lipinski definition) is 0. The highest BCUT2D eigenvalue weighted by Crippen LogP contribution is 2.34. The number of nitrogens with zero attached hydrogens (tertiary/aromatic N) is 5. The Morgan fingerprint density at radius 1 is 0.475 bits per heavy atom. The van der Waals surface area contributed by atoms with Gasteiger partial charge in [-0.05, 0) is 58.7 Å². The van der Waals surface area contributed by atoms with Gasteiger partial charge in [0.1, 0.15) is 0 Å². The Morgan fingerprint density at radius 2 is 0.966 bits per heavy atom. The lowest BCUT2D eigenvalue weighted by molar-refractivity contribution is 0.893. The van der Waals surface area contributed by atoms with Crippen LogP contribution in [0.4, 0.5) is 0 Å². The average molecular weight is 801 g/mol. The number of rotatable bonds is 7. The Bertz CT molecular complexity index is 4550. The minimum Gasteiger partial charge on any atom is -0.278 e. The normalized spacial score (nSPS) is 19.4. The summed E-state index contributed by atoms with van der Waals surface area (Å²) in [5, 5.41) is -2.71. The first-order chi connectivity index (χ1) is 40.3. The Hall–Kier alpha value is -7.41. The van der Waals surface area contributed by atoms with E-state index in [0.717, 1.165) is 9.13 Å². The summed E-state index contributed by atoms with van der Waals surface area (Å²) >= 11 is 0. The molecule has 280 valence electrons. The Labute approximate surface area is 381 Å². The maximum atomic E-state index is 10.6. The van der Waals surface area contributed by atoms with Crippen molar-refractivity contribution in [1.29, 1.82) is 0 Å². The van der Waals surface area contributed by atoms with Crippen LogP contribution in [-0.2, 0) is 0 Å². The van der Waals surface area contributed by atoms with Crippen LogP contribution in [0.5, 0.6) is 0 Å². The van der Waals surface area contributed by atoms with Gasteiger partial charge in [0.2, 0.25) is 11.9 Å². The van der Waals surface area contributed by atoms with E-state index in [1.807, 2.05) is 0 Å². The molecule has 11 aromatic rings. The smallest absolute Gasteiger partial charge is 0.240 e. The molecule has 3 aromatic heterocycles. The van der Waals surface area contributed by atoms with Crippen molar-refractivity contribution in [2.45, 2.75) is 13.8 Å². The van der Waals surface area contributed by atoms with Crippen LogP contribution < -0.4 is 20.7 Å². The molecule has 1 unspecified atom stereocenters. The van der Waals surface area contributed by atoms with E-state index in [1.54, 1.807) is 31.2 Å². The quantitative estimate of drug-likeness (QED) is 0.119. The average Bonchev–Trinajstić information content (AvgIpc) is 1.07. The van der Waals surface area contributed by atoms with Crippen LogP contribution >= 0.6 is 0 Å². The van der Waals surface area contributed by atoms with Gasteiger partial charge in [0.25, 0.3) is 0 Å². The van der Waals surface area contributed by atoms with Crippen molar-refractivity contribution in [3.05, 3.63) is 211 Å². The molecule has 0 N–H and O–H groups in total. The zero-order valence-corrected chi connectivity index (χ0v) is 31.4. The molecule has 5 nitrogen and oxygen atoms in total. The fourth-order valence-electron chi connectivity index (χ4n) is 7.60. The maximum absolute atomic E-state index is 10.6. The molecular formula is C53H39N5Si. The predicted octanol–water partition coefficient (Wildman–Crippen LogP) is 9.73. The van der Waals surface area contributed by atoms with E-state index in [0.29, 0.717) is 5.56 Å². The predicted molar refractivity (Wildman–Crippen MR) is 247 cm³/mol. The molecule has 11 rings (SSSR count). The summed E-state index contributed by atoms with van der Waals surface area (Å²) < 4.78 is 249. The highest BCUT2D eigenvalue weighted by atomic mass is 28.3. The first-order valence-electron chi connectivity index (χ1n) is 31.4. The Kier molecular flexibility index (Phi) is 3.96. The summed E-state index contributed by atoms with van der Waals surface area (Å²) in [6, 6.07) is -7.06. The maximum Gasteiger partial charge on any atom is 0.240 e. The van der Waals surface area contributed by atoms with Gasteiger partial charge >= 0.3 is 0 Å². The number of benzene rings is 8. The summed E-state index contributed by atoms with van der Waals surface area (Å²) in [7, 11) is -5.11. The Balaban J connectivity index is 1.44. The summed E-state index contributed by atoms with van der Waals surface area (Å²) in [6.07, 6.45) is 0. The van der Waals surface area contributed by atoms with Gasteiger partial charge in [-0.25, -0.2) is 0 Å². The molecule has 59 heavy (non-hydrogen) atoms. The molecule has 0 fully saturated rings. The lowest BCUT2D eigenvalue weighted by Gasteiger charge is -2.36. The van der Waals surface area contributed by atoms with Gasteiger partial charge < -0.3 is 0 Å². The zero-order chi connectivity index (χ0) is 62.9. The van der Waals surface area contributed by atoms with Gasteiger partial charge in [-0.3, -0.25) is 9.13 Å². The van der Waals surface area contributed by atoms with E-state index >= 15 is 0 Å². The van der Waals surface area contributed by atoms with Crippen molar-refractivity contribution in [3.8, 4) is 23.3 Å². The third-order valence-electron chi connectivity index (χ3n) is 10.1. The van der Waals surface area contributed by atoms with E-state index in [1.165, 1.54) is 30.3 Å². The van der Waals surface area contributed by atoms with Crippen LogP contribution in [0.15, 0.2) is 200 Å². The summed E-state index contributed by atoms with van der Waals surface area (Å²) in [5.41, 5.74) is -3.78. The number of para-hydroxylation sites is 4. The monoisotopic (exact) mass is 800 g/mol. The third-order valence-corrected chi connectivity index (χ3v) is 14.6. The number of aromatic nitrogens is 5. The van der Waals surface area contributed by atoms with E-state index in [2.05, 4.69) is 4.98 Å². The van der Waals surface area contributed by atoms with Crippen molar-refractivity contribution < 1.29 is 37.0 Å². The molecule has 6 heteroatoms. The van der Waals surface area contributed by atoms with Gasteiger partial charge in [-0.2, -0.15) is 15.0 Å².